The molecule has 0 heterocycles. The van der Waals surface area contributed by atoms with E-state index in [1.165, 1.54) is 6.08 Å². The monoisotopic (exact) mass is 176 g/mol. The number of allylic oxidation sites excluding steroid dienone is 1. The van der Waals surface area contributed by atoms with Gasteiger partial charge in [-0.2, -0.15) is 0 Å². The lowest BCUT2D eigenvalue weighted by molar-refractivity contribution is 0.104. The van der Waals surface area contributed by atoms with E-state index >= 15 is 0 Å². The van der Waals surface area contributed by atoms with E-state index in [2.05, 4.69) is 0 Å². The fourth-order valence-corrected chi connectivity index (χ4v) is 0.950. The van der Waals surface area contributed by atoms with Gasteiger partial charge >= 0.3 is 0 Å². The fourth-order valence-electron chi connectivity index (χ4n) is 0.950. The average molecular weight is 176 g/mol. The van der Waals surface area contributed by atoms with Crippen LogP contribution < -0.4 is 0 Å². The molecule has 0 aliphatic carbocycles. The van der Waals surface area contributed by atoms with Crippen LogP contribution in [0.3, 0.4) is 0 Å². The lowest BCUT2D eigenvalue weighted by atomic mass is 10.1. The molecule has 2 nitrogen and oxygen atoms in total. The second kappa shape index (κ2) is 5.27. The van der Waals surface area contributed by atoms with E-state index in [0.29, 0.717) is 12.2 Å². The van der Waals surface area contributed by atoms with E-state index in [1.807, 2.05) is 18.2 Å². The van der Waals surface area contributed by atoms with E-state index in [-0.39, 0.29) is 5.78 Å². The number of carbonyl (C=O) groups excluding carboxylic acids is 1. The Morgan fingerprint density at radius 1 is 1.38 bits per heavy atom. The zero-order valence-electron chi connectivity index (χ0n) is 7.57. The molecule has 0 aliphatic rings. The maximum atomic E-state index is 11.4. The van der Waals surface area contributed by atoms with Crippen LogP contribution in [0.15, 0.2) is 42.5 Å². The number of methoxy groups -OCH3 is 1. The summed E-state index contributed by atoms with van der Waals surface area (Å²) in [5.74, 6) is 0.0117. The third-order valence-electron chi connectivity index (χ3n) is 1.59. The standard InChI is InChI=1S/C11H12O2/c1-13-9-5-8-11(12)10-6-3-2-4-7-10/h2-8H,9H2,1H3. The van der Waals surface area contributed by atoms with E-state index in [4.69, 9.17) is 4.74 Å². The summed E-state index contributed by atoms with van der Waals surface area (Å²) in [4.78, 5) is 11.4. The zero-order chi connectivity index (χ0) is 9.52. The summed E-state index contributed by atoms with van der Waals surface area (Å²) in [6.07, 6.45) is 3.23. The summed E-state index contributed by atoms with van der Waals surface area (Å²) in [5.41, 5.74) is 0.704. The molecule has 0 atom stereocenters. The van der Waals surface area contributed by atoms with Gasteiger partial charge in [0.05, 0.1) is 6.61 Å². The largest absolute Gasteiger partial charge is 0.381 e. The predicted octanol–water partition coefficient (Wildman–Crippen LogP) is 2.07. The summed E-state index contributed by atoms with van der Waals surface area (Å²) in [6, 6.07) is 9.16. The van der Waals surface area contributed by atoms with Crippen LogP contribution in [0.4, 0.5) is 0 Å². The minimum Gasteiger partial charge on any atom is -0.381 e. The molecule has 0 N–H and O–H groups in total. The quantitative estimate of drug-likeness (QED) is 0.518. The number of ketones is 1. The number of rotatable bonds is 4. The van der Waals surface area contributed by atoms with Gasteiger partial charge in [-0.1, -0.05) is 36.4 Å². The zero-order valence-corrected chi connectivity index (χ0v) is 7.57. The van der Waals surface area contributed by atoms with Crippen LogP contribution in [0, 0.1) is 0 Å². The van der Waals surface area contributed by atoms with Crippen molar-refractivity contribution in [1.29, 1.82) is 0 Å². The molecular formula is C11H12O2. The van der Waals surface area contributed by atoms with Gasteiger partial charge in [-0.3, -0.25) is 4.79 Å². The van der Waals surface area contributed by atoms with Crippen molar-refractivity contribution >= 4 is 5.78 Å². The molecule has 0 amide bonds. The smallest absolute Gasteiger partial charge is 0.185 e. The maximum Gasteiger partial charge on any atom is 0.185 e. The molecule has 0 unspecified atom stereocenters. The van der Waals surface area contributed by atoms with Crippen molar-refractivity contribution < 1.29 is 9.53 Å². The van der Waals surface area contributed by atoms with Crippen molar-refractivity contribution in [3.05, 3.63) is 48.0 Å². The Labute approximate surface area is 77.8 Å². The summed E-state index contributed by atoms with van der Waals surface area (Å²) >= 11 is 0. The van der Waals surface area contributed by atoms with Crippen molar-refractivity contribution in [2.45, 2.75) is 0 Å². The molecule has 1 aromatic carbocycles. The van der Waals surface area contributed by atoms with Crippen molar-refractivity contribution in [1.82, 2.24) is 0 Å². The molecule has 1 rings (SSSR count). The first-order valence-electron chi connectivity index (χ1n) is 4.09. The van der Waals surface area contributed by atoms with E-state index < -0.39 is 0 Å². The first kappa shape index (κ1) is 9.68. The van der Waals surface area contributed by atoms with Gasteiger partial charge < -0.3 is 4.74 Å². The van der Waals surface area contributed by atoms with Crippen LogP contribution in [-0.2, 0) is 4.74 Å². The second-order valence-corrected chi connectivity index (χ2v) is 2.59. The van der Waals surface area contributed by atoms with Crippen molar-refractivity contribution in [2.75, 3.05) is 13.7 Å². The average Bonchev–Trinajstić information content (AvgIpc) is 2.19. The molecule has 0 saturated heterocycles. The van der Waals surface area contributed by atoms with Crippen LogP contribution in [0.2, 0.25) is 0 Å². The normalized spacial score (nSPS) is 10.5. The van der Waals surface area contributed by atoms with Crippen LogP contribution in [0.25, 0.3) is 0 Å². The lowest BCUT2D eigenvalue weighted by Gasteiger charge is -1.93. The third-order valence-corrected chi connectivity index (χ3v) is 1.59. The van der Waals surface area contributed by atoms with Gasteiger partial charge in [-0.25, -0.2) is 0 Å². The molecule has 0 aromatic heterocycles. The third kappa shape index (κ3) is 3.22. The van der Waals surface area contributed by atoms with Crippen molar-refractivity contribution in [3.8, 4) is 0 Å². The summed E-state index contributed by atoms with van der Waals surface area (Å²) in [6.45, 7) is 0.471. The van der Waals surface area contributed by atoms with Gasteiger partial charge in [0.15, 0.2) is 5.78 Å². The van der Waals surface area contributed by atoms with Crippen LogP contribution in [-0.4, -0.2) is 19.5 Å². The Morgan fingerprint density at radius 3 is 2.69 bits per heavy atom. The molecule has 2 heteroatoms. The highest BCUT2D eigenvalue weighted by molar-refractivity contribution is 6.04. The molecule has 0 spiro atoms. The topological polar surface area (TPSA) is 26.3 Å². The summed E-state index contributed by atoms with van der Waals surface area (Å²) in [7, 11) is 1.59. The Hall–Kier alpha value is -1.41. The van der Waals surface area contributed by atoms with Crippen LogP contribution in [0.1, 0.15) is 10.4 Å². The van der Waals surface area contributed by atoms with Gasteiger partial charge in [0.1, 0.15) is 0 Å². The SMILES string of the molecule is COCC=CC(=O)c1ccccc1. The molecule has 0 saturated carbocycles. The molecular weight excluding hydrogens is 164 g/mol. The van der Waals surface area contributed by atoms with E-state index in [1.54, 1.807) is 25.3 Å². The number of carbonyl (C=O) groups is 1. The Balaban J connectivity index is 2.59. The minimum atomic E-state index is 0.0117. The highest BCUT2D eigenvalue weighted by atomic mass is 16.5. The maximum absolute atomic E-state index is 11.4. The first-order valence-corrected chi connectivity index (χ1v) is 4.09. The Bertz CT molecular complexity index is 288. The van der Waals surface area contributed by atoms with Gasteiger partial charge in [0.2, 0.25) is 0 Å². The molecule has 0 bridgehead atoms. The predicted molar refractivity (Wildman–Crippen MR) is 51.8 cm³/mol. The molecule has 1 aromatic rings. The van der Waals surface area contributed by atoms with E-state index in [9.17, 15) is 4.79 Å². The summed E-state index contributed by atoms with van der Waals surface area (Å²) in [5, 5.41) is 0. The minimum absolute atomic E-state index is 0.0117. The van der Waals surface area contributed by atoms with E-state index in [0.717, 1.165) is 0 Å². The molecule has 68 valence electrons. The highest BCUT2D eigenvalue weighted by Gasteiger charge is 1.97. The molecule has 13 heavy (non-hydrogen) atoms. The number of benzene rings is 1. The number of ether oxygens (including phenoxy) is 1. The van der Waals surface area contributed by atoms with Gasteiger partial charge in [-0.15, -0.1) is 0 Å². The van der Waals surface area contributed by atoms with Gasteiger partial charge in [0, 0.05) is 12.7 Å². The number of hydrogen-bond acceptors (Lipinski definition) is 2. The van der Waals surface area contributed by atoms with Gasteiger partial charge in [0.25, 0.3) is 0 Å². The molecule has 0 aliphatic heterocycles. The number of hydrogen-bond donors (Lipinski definition) is 0. The molecule has 0 radical (unpaired) electrons. The molecule has 0 fully saturated rings. The fraction of sp³-hybridized carbons (Fsp3) is 0.182. The first-order chi connectivity index (χ1) is 6.34. The van der Waals surface area contributed by atoms with Gasteiger partial charge in [-0.05, 0) is 6.08 Å². The Morgan fingerprint density at radius 2 is 2.08 bits per heavy atom. The lowest BCUT2D eigenvalue weighted by Crippen LogP contribution is -1.94. The van der Waals surface area contributed by atoms with Crippen molar-refractivity contribution in [3.63, 3.8) is 0 Å². The Kier molecular flexibility index (Phi) is 3.93. The highest BCUT2D eigenvalue weighted by Crippen LogP contribution is 2.00. The second-order valence-electron chi connectivity index (χ2n) is 2.59. The summed E-state index contributed by atoms with van der Waals surface area (Å²) < 4.78 is 4.79. The van der Waals surface area contributed by atoms with Crippen molar-refractivity contribution in [2.24, 2.45) is 0 Å². The van der Waals surface area contributed by atoms with Crippen LogP contribution in [0.5, 0.6) is 0 Å². The van der Waals surface area contributed by atoms with Crippen LogP contribution >= 0.6 is 0 Å².